The van der Waals surface area contributed by atoms with Gasteiger partial charge in [0.05, 0.1) is 12.0 Å². The molecule has 0 radical (unpaired) electrons. The normalized spacial score (nSPS) is 14.9. The lowest BCUT2D eigenvalue weighted by Gasteiger charge is -2.32. The first-order valence-electron chi connectivity index (χ1n) is 8.75. The van der Waals surface area contributed by atoms with Crippen molar-refractivity contribution >= 4 is 17.6 Å². The van der Waals surface area contributed by atoms with Crippen LogP contribution in [-0.2, 0) is 0 Å². The van der Waals surface area contributed by atoms with Gasteiger partial charge in [0.2, 0.25) is 0 Å². The molecule has 1 fully saturated rings. The molecule has 0 saturated carbocycles. The highest BCUT2D eigenvalue weighted by Crippen LogP contribution is 2.21. The van der Waals surface area contributed by atoms with Crippen LogP contribution in [0.15, 0.2) is 47.1 Å². The Balaban J connectivity index is 1.38. The second kappa shape index (κ2) is 8.51. The third-order valence-corrected chi connectivity index (χ3v) is 4.60. The Morgan fingerprint density at radius 2 is 1.92 bits per heavy atom. The van der Waals surface area contributed by atoms with Crippen LogP contribution in [0.25, 0.3) is 0 Å². The fourth-order valence-corrected chi connectivity index (χ4v) is 3.07. The molecule has 1 aromatic carbocycles. The minimum Gasteiger partial charge on any atom is -0.459 e. The summed E-state index contributed by atoms with van der Waals surface area (Å²) in [5, 5.41) is 5.45. The van der Waals surface area contributed by atoms with E-state index >= 15 is 0 Å². The molecule has 0 unspecified atom stereocenters. The number of likely N-dealkylation sites (tertiary alicyclic amines) is 1. The van der Waals surface area contributed by atoms with E-state index in [-0.39, 0.29) is 17.6 Å². The van der Waals surface area contributed by atoms with Crippen LogP contribution in [0.1, 0.15) is 29.8 Å². The number of rotatable bonds is 5. The number of anilines is 1. The molecular weight excluding hydrogens is 337 g/mol. The van der Waals surface area contributed by atoms with Crippen LogP contribution in [0.5, 0.6) is 0 Å². The van der Waals surface area contributed by atoms with Crippen molar-refractivity contribution in [1.82, 2.24) is 10.2 Å². The molecule has 26 heavy (non-hydrogen) atoms. The van der Waals surface area contributed by atoms with E-state index in [1.54, 1.807) is 35.2 Å². The molecule has 2 N–H and O–H groups in total. The third kappa shape index (κ3) is 4.62. The Hall–Kier alpha value is -2.83. The van der Waals surface area contributed by atoms with Crippen molar-refractivity contribution in [3.63, 3.8) is 0 Å². The van der Waals surface area contributed by atoms with Gasteiger partial charge >= 0.3 is 6.03 Å². The molecule has 2 aromatic rings. The summed E-state index contributed by atoms with van der Waals surface area (Å²) in [5.74, 6) is 0.105. The van der Waals surface area contributed by atoms with E-state index in [0.717, 1.165) is 19.3 Å². The van der Waals surface area contributed by atoms with E-state index in [9.17, 15) is 14.0 Å². The fourth-order valence-electron chi connectivity index (χ4n) is 3.07. The van der Waals surface area contributed by atoms with Crippen LogP contribution in [-0.4, -0.2) is 36.5 Å². The van der Waals surface area contributed by atoms with E-state index in [1.165, 1.54) is 12.3 Å². The number of furan rings is 1. The number of carbonyl (C=O) groups excluding carboxylic acids is 2. The van der Waals surface area contributed by atoms with Crippen LogP contribution >= 0.6 is 0 Å². The van der Waals surface area contributed by atoms with Crippen LogP contribution in [0.3, 0.4) is 0 Å². The summed E-state index contributed by atoms with van der Waals surface area (Å²) in [6, 6.07) is 9.16. The lowest BCUT2D eigenvalue weighted by Crippen LogP contribution is -2.41. The lowest BCUT2D eigenvalue weighted by molar-refractivity contribution is 0.0922. The molecule has 1 aromatic heterocycles. The van der Waals surface area contributed by atoms with Gasteiger partial charge in [-0.15, -0.1) is 0 Å². The van der Waals surface area contributed by atoms with Crippen LogP contribution in [0.2, 0.25) is 0 Å². The van der Waals surface area contributed by atoms with Gasteiger partial charge in [-0.3, -0.25) is 4.79 Å². The Morgan fingerprint density at radius 3 is 2.62 bits per heavy atom. The van der Waals surface area contributed by atoms with E-state index in [2.05, 4.69) is 10.6 Å². The molecule has 2 heterocycles. The van der Waals surface area contributed by atoms with Gasteiger partial charge in [-0.1, -0.05) is 12.1 Å². The summed E-state index contributed by atoms with van der Waals surface area (Å²) >= 11 is 0. The van der Waals surface area contributed by atoms with Gasteiger partial charge in [-0.2, -0.15) is 0 Å². The van der Waals surface area contributed by atoms with Crippen molar-refractivity contribution in [2.45, 2.75) is 19.3 Å². The maximum Gasteiger partial charge on any atom is 0.321 e. The minimum atomic E-state index is -0.442. The summed E-state index contributed by atoms with van der Waals surface area (Å²) in [6.07, 6.45) is 4.05. The van der Waals surface area contributed by atoms with E-state index < -0.39 is 5.82 Å². The Bertz CT molecular complexity index is 740. The maximum atomic E-state index is 13.6. The molecule has 7 heteroatoms. The van der Waals surface area contributed by atoms with Gasteiger partial charge in [0.15, 0.2) is 5.76 Å². The maximum absolute atomic E-state index is 13.6. The SMILES string of the molecule is O=C(NCCC1CCN(C(=O)Nc2ccccc2F)CC1)c1ccco1. The van der Waals surface area contributed by atoms with E-state index in [0.29, 0.717) is 31.3 Å². The van der Waals surface area contributed by atoms with Crippen LogP contribution < -0.4 is 10.6 Å². The monoisotopic (exact) mass is 359 g/mol. The Morgan fingerprint density at radius 1 is 1.15 bits per heavy atom. The van der Waals surface area contributed by atoms with Gasteiger partial charge in [0, 0.05) is 19.6 Å². The number of nitrogens with zero attached hydrogens (tertiary/aromatic N) is 1. The third-order valence-electron chi connectivity index (χ3n) is 4.60. The number of para-hydroxylation sites is 1. The number of halogens is 1. The zero-order valence-electron chi connectivity index (χ0n) is 14.4. The zero-order chi connectivity index (χ0) is 18.4. The number of nitrogens with one attached hydrogen (secondary N) is 2. The number of carbonyl (C=O) groups is 2. The first kappa shape index (κ1) is 18.0. The molecule has 0 spiro atoms. The molecule has 6 nitrogen and oxygen atoms in total. The molecule has 3 rings (SSSR count). The van der Waals surface area contributed by atoms with Crippen LogP contribution in [0.4, 0.5) is 14.9 Å². The molecule has 138 valence electrons. The predicted molar refractivity (Wildman–Crippen MR) is 95.4 cm³/mol. The Kier molecular flexibility index (Phi) is 5.88. The van der Waals surface area contributed by atoms with Crippen molar-refractivity contribution in [2.24, 2.45) is 5.92 Å². The topological polar surface area (TPSA) is 74.6 Å². The number of hydrogen-bond donors (Lipinski definition) is 2. The highest BCUT2D eigenvalue weighted by Gasteiger charge is 2.23. The molecular formula is C19H22FN3O3. The smallest absolute Gasteiger partial charge is 0.321 e. The lowest BCUT2D eigenvalue weighted by atomic mass is 9.94. The van der Waals surface area contributed by atoms with Crippen molar-refractivity contribution in [3.05, 3.63) is 54.2 Å². The number of hydrogen-bond acceptors (Lipinski definition) is 3. The first-order valence-corrected chi connectivity index (χ1v) is 8.75. The Labute approximate surface area is 151 Å². The molecule has 1 saturated heterocycles. The molecule has 0 atom stereocenters. The molecule has 0 aliphatic carbocycles. The van der Waals surface area contributed by atoms with Gasteiger partial charge in [0.25, 0.3) is 5.91 Å². The molecule has 1 aliphatic heterocycles. The van der Waals surface area contributed by atoms with Crippen molar-refractivity contribution in [1.29, 1.82) is 0 Å². The minimum absolute atomic E-state index is 0.195. The molecule has 1 aliphatic rings. The number of amides is 3. The van der Waals surface area contributed by atoms with Crippen LogP contribution in [0, 0.1) is 11.7 Å². The van der Waals surface area contributed by atoms with E-state index in [4.69, 9.17) is 4.42 Å². The highest BCUT2D eigenvalue weighted by atomic mass is 19.1. The molecule has 0 bridgehead atoms. The number of piperidine rings is 1. The summed E-state index contributed by atoms with van der Waals surface area (Å²) in [7, 11) is 0. The predicted octanol–water partition coefficient (Wildman–Crippen LogP) is 3.48. The fraction of sp³-hybridized carbons (Fsp3) is 0.368. The first-order chi connectivity index (χ1) is 12.6. The average molecular weight is 359 g/mol. The largest absolute Gasteiger partial charge is 0.459 e. The second-order valence-corrected chi connectivity index (χ2v) is 6.36. The quantitative estimate of drug-likeness (QED) is 0.858. The summed E-state index contributed by atoms with van der Waals surface area (Å²) < 4.78 is 18.7. The summed E-state index contributed by atoms with van der Waals surface area (Å²) in [5.41, 5.74) is 0.195. The number of urea groups is 1. The van der Waals surface area contributed by atoms with Crippen molar-refractivity contribution in [2.75, 3.05) is 25.0 Å². The average Bonchev–Trinajstić information content (AvgIpc) is 3.19. The van der Waals surface area contributed by atoms with Gasteiger partial charge in [-0.25, -0.2) is 9.18 Å². The highest BCUT2D eigenvalue weighted by molar-refractivity contribution is 5.91. The van der Waals surface area contributed by atoms with Gasteiger partial charge in [0.1, 0.15) is 5.82 Å². The van der Waals surface area contributed by atoms with E-state index in [1.807, 2.05) is 0 Å². The van der Waals surface area contributed by atoms with Gasteiger partial charge in [-0.05, 0) is 49.4 Å². The second-order valence-electron chi connectivity index (χ2n) is 6.36. The van der Waals surface area contributed by atoms with Gasteiger partial charge < -0.3 is 20.0 Å². The summed E-state index contributed by atoms with van der Waals surface area (Å²) in [4.78, 5) is 25.7. The summed E-state index contributed by atoms with van der Waals surface area (Å²) in [6.45, 7) is 1.82. The number of benzene rings is 1. The zero-order valence-corrected chi connectivity index (χ0v) is 14.4. The van der Waals surface area contributed by atoms with Crippen molar-refractivity contribution in [3.8, 4) is 0 Å². The standard InChI is InChI=1S/C19H22FN3O3/c20-15-4-1-2-5-16(15)22-19(25)23-11-8-14(9-12-23)7-10-21-18(24)17-6-3-13-26-17/h1-6,13-14H,7-12H2,(H,21,24)(H,22,25). The molecule has 3 amide bonds. The van der Waals surface area contributed by atoms with Crippen molar-refractivity contribution < 1.29 is 18.4 Å².